The predicted molar refractivity (Wildman–Crippen MR) is 91.3 cm³/mol. The van der Waals surface area contributed by atoms with Crippen molar-refractivity contribution in [3.63, 3.8) is 0 Å². The van der Waals surface area contributed by atoms with Crippen LogP contribution in [0.2, 0.25) is 0 Å². The maximum absolute atomic E-state index is 14.4. The molecule has 3 rings (SSSR count). The Kier molecular flexibility index (Phi) is 5.31. The van der Waals surface area contributed by atoms with E-state index in [2.05, 4.69) is 4.90 Å². The van der Waals surface area contributed by atoms with Crippen LogP contribution in [0.1, 0.15) is 27.0 Å². The molecule has 0 spiro atoms. The fourth-order valence-corrected chi connectivity index (χ4v) is 3.24. The normalized spacial score (nSPS) is 14.5. The van der Waals surface area contributed by atoms with Crippen LogP contribution in [0.4, 0.5) is 4.39 Å². The number of carbonyl (C=O) groups excluding carboxylic acids is 1. The molecule has 1 aliphatic rings. The van der Waals surface area contributed by atoms with Gasteiger partial charge in [0.25, 0.3) is 5.91 Å². The first-order valence-corrected chi connectivity index (χ1v) is 8.21. The summed E-state index contributed by atoms with van der Waals surface area (Å²) in [5.74, 6) is -0.264. The molecule has 0 atom stereocenters. The molecule has 2 N–H and O–H groups in total. The highest BCUT2D eigenvalue weighted by molar-refractivity contribution is 5.93. The zero-order valence-corrected chi connectivity index (χ0v) is 14.1. The van der Waals surface area contributed by atoms with E-state index in [0.717, 1.165) is 36.5 Å². The van der Waals surface area contributed by atoms with Crippen molar-refractivity contribution in [2.45, 2.75) is 19.4 Å². The fourth-order valence-electron chi connectivity index (χ4n) is 3.24. The Hall–Kier alpha value is -2.44. The fraction of sp³-hybridized carbons (Fsp3) is 0.316. The molecule has 1 amide bonds. The highest BCUT2D eigenvalue weighted by atomic mass is 19.1. The molecule has 2 aromatic rings. The van der Waals surface area contributed by atoms with E-state index in [-0.39, 0.29) is 11.4 Å². The van der Waals surface area contributed by atoms with Crippen molar-refractivity contribution in [2.24, 2.45) is 0 Å². The maximum Gasteiger partial charge on any atom is 0.274 e. The zero-order chi connectivity index (χ0) is 17.8. The molecule has 5 nitrogen and oxygen atoms in total. The Morgan fingerprint density at radius 3 is 2.84 bits per heavy atom. The van der Waals surface area contributed by atoms with Gasteiger partial charge in [-0.1, -0.05) is 12.1 Å². The lowest BCUT2D eigenvalue weighted by molar-refractivity contribution is 0.0705. The average Bonchev–Trinajstić information content (AvgIpc) is 2.84. The SMILES string of the molecule is COc1cccc(CN2CCc3cc(C(=O)NO)cc(F)c3CC2)c1. The minimum atomic E-state index is -0.695. The van der Waals surface area contributed by atoms with Crippen LogP contribution in [0.25, 0.3) is 0 Å². The molecule has 0 saturated heterocycles. The third kappa shape index (κ3) is 3.97. The van der Waals surface area contributed by atoms with Crippen LogP contribution in [0.3, 0.4) is 0 Å². The number of carbonyl (C=O) groups is 1. The highest BCUT2D eigenvalue weighted by Gasteiger charge is 2.20. The van der Waals surface area contributed by atoms with Gasteiger partial charge in [-0.2, -0.15) is 0 Å². The number of hydrogen-bond acceptors (Lipinski definition) is 4. The number of ether oxygens (including phenoxy) is 1. The van der Waals surface area contributed by atoms with Crippen LogP contribution in [-0.2, 0) is 19.4 Å². The molecule has 132 valence electrons. The van der Waals surface area contributed by atoms with E-state index in [1.165, 1.54) is 6.07 Å². The second-order valence-electron chi connectivity index (χ2n) is 6.16. The summed E-state index contributed by atoms with van der Waals surface area (Å²) in [4.78, 5) is 13.8. The van der Waals surface area contributed by atoms with E-state index >= 15 is 0 Å². The number of amides is 1. The lowest BCUT2D eigenvalue weighted by Crippen LogP contribution is -2.25. The van der Waals surface area contributed by atoms with Crippen molar-refractivity contribution < 1.29 is 19.1 Å². The standard InChI is InChI=1S/C19H21FN2O3/c1-25-16-4-2-3-13(9-16)12-22-7-5-14-10-15(19(23)21-24)11-18(20)17(14)6-8-22/h2-4,9-11,24H,5-8,12H2,1H3,(H,21,23). The summed E-state index contributed by atoms with van der Waals surface area (Å²) in [5, 5.41) is 8.75. The molecule has 0 fully saturated rings. The summed E-state index contributed by atoms with van der Waals surface area (Å²) in [6, 6.07) is 10.8. The van der Waals surface area contributed by atoms with Crippen LogP contribution in [0.5, 0.6) is 5.75 Å². The van der Waals surface area contributed by atoms with Gasteiger partial charge in [0.15, 0.2) is 0 Å². The Balaban J connectivity index is 1.75. The van der Waals surface area contributed by atoms with E-state index in [1.54, 1.807) is 18.7 Å². The molecular weight excluding hydrogens is 323 g/mol. The molecule has 6 heteroatoms. The van der Waals surface area contributed by atoms with Crippen LogP contribution >= 0.6 is 0 Å². The van der Waals surface area contributed by atoms with Gasteiger partial charge >= 0.3 is 0 Å². The van der Waals surface area contributed by atoms with Gasteiger partial charge in [0.2, 0.25) is 0 Å². The second kappa shape index (κ2) is 7.63. The van der Waals surface area contributed by atoms with Gasteiger partial charge in [0.05, 0.1) is 7.11 Å². The Labute approximate surface area is 146 Å². The van der Waals surface area contributed by atoms with E-state index in [1.807, 2.05) is 24.3 Å². The monoisotopic (exact) mass is 344 g/mol. The number of hydrogen-bond donors (Lipinski definition) is 2. The zero-order valence-electron chi connectivity index (χ0n) is 14.1. The molecule has 1 aliphatic heterocycles. The Bertz CT molecular complexity index is 779. The van der Waals surface area contributed by atoms with Crippen LogP contribution in [0, 0.1) is 5.82 Å². The molecule has 0 unspecified atom stereocenters. The topological polar surface area (TPSA) is 61.8 Å². The number of halogens is 1. The number of fused-ring (bicyclic) bond motifs is 1. The minimum Gasteiger partial charge on any atom is -0.497 e. The lowest BCUT2D eigenvalue weighted by atomic mass is 9.99. The van der Waals surface area contributed by atoms with Crippen molar-refractivity contribution in [1.82, 2.24) is 10.4 Å². The van der Waals surface area contributed by atoms with Gasteiger partial charge < -0.3 is 4.74 Å². The first-order chi connectivity index (χ1) is 12.1. The number of rotatable bonds is 4. The lowest BCUT2D eigenvalue weighted by Gasteiger charge is -2.20. The molecule has 0 saturated carbocycles. The minimum absolute atomic E-state index is 0.139. The number of methoxy groups -OCH3 is 1. The largest absolute Gasteiger partial charge is 0.497 e. The van der Waals surface area contributed by atoms with Gasteiger partial charge in [-0.15, -0.1) is 0 Å². The first kappa shape index (κ1) is 17.4. The molecule has 0 aromatic heterocycles. The summed E-state index contributed by atoms with van der Waals surface area (Å²) in [6.45, 7) is 2.28. The predicted octanol–water partition coefficient (Wildman–Crippen LogP) is 2.55. The quantitative estimate of drug-likeness (QED) is 0.661. The van der Waals surface area contributed by atoms with Crippen molar-refractivity contribution >= 4 is 5.91 Å². The molecule has 0 aliphatic carbocycles. The van der Waals surface area contributed by atoms with Gasteiger partial charge in [-0.05, 0) is 53.8 Å². The van der Waals surface area contributed by atoms with Crippen LogP contribution in [-0.4, -0.2) is 36.2 Å². The molecular formula is C19H21FN2O3. The molecule has 0 bridgehead atoms. The third-order valence-electron chi connectivity index (χ3n) is 4.57. The highest BCUT2D eigenvalue weighted by Crippen LogP contribution is 2.23. The average molecular weight is 344 g/mol. The first-order valence-electron chi connectivity index (χ1n) is 8.21. The van der Waals surface area contributed by atoms with Gasteiger partial charge in [0, 0.05) is 25.2 Å². The number of nitrogens with zero attached hydrogens (tertiary/aromatic N) is 1. The van der Waals surface area contributed by atoms with Gasteiger partial charge in [0.1, 0.15) is 11.6 Å². The summed E-state index contributed by atoms with van der Waals surface area (Å²) in [5.41, 5.74) is 4.32. The Morgan fingerprint density at radius 2 is 2.08 bits per heavy atom. The van der Waals surface area contributed by atoms with Crippen molar-refractivity contribution in [3.05, 3.63) is 64.5 Å². The van der Waals surface area contributed by atoms with E-state index in [0.29, 0.717) is 18.4 Å². The molecule has 1 heterocycles. The van der Waals surface area contributed by atoms with Crippen molar-refractivity contribution in [1.29, 1.82) is 0 Å². The van der Waals surface area contributed by atoms with Crippen LogP contribution in [0.15, 0.2) is 36.4 Å². The van der Waals surface area contributed by atoms with Crippen molar-refractivity contribution in [3.8, 4) is 5.75 Å². The molecule has 2 aromatic carbocycles. The Morgan fingerprint density at radius 1 is 1.28 bits per heavy atom. The summed E-state index contributed by atoms with van der Waals surface area (Å²) in [6.07, 6.45) is 1.24. The van der Waals surface area contributed by atoms with Gasteiger partial charge in [-0.25, -0.2) is 9.87 Å². The van der Waals surface area contributed by atoms with E-state index in [4.69, 9.17) is 9.94 Å². The summed E-state index contributed by atoms with van der Waals surface area (Å²) < 4.78 is 19.6. The number of benzene rings is 2. The van der Waals surface area contributed by atoms with Crippen LogP contribution < -0.4 is 10.2 Å². The third-order valence-corrected chi connectivity index (χ3v) is 4.57. The second-order valence-corrected chi connectivity index (χ2v) is 6.16. The number of nitrogens with one attached hydrogen (secondary N) is 1. The maximum atomic E-state index is 14.4. The molecule has 0 radical (unpaired) electrons. The molecule has 25 heavy (non-hydrogen) atoms. The summed E-state index contributed by atoms with van der Waals surface area (Å²) >= 11 is 0. The smallest absolute Gasteiger partial charge is 0.274 e. The van der Waals surface area contributed by atoms with E-state index < -0.39 is 5.91 Å². The van der Waals surface area contributed by atoms with Crippen molar-refractivity contribution in [2.75, 3.05) is 20.2 Å². The summed E-state index contributed by atoms with van der Waals surface area (Å²) in [7, 11) is 1.64. The van der Waals surface area contributed by atoms with E-state index in [9.17, 15) is 9.18 Å². The van der Waals surface area contributed by atoms with Gasteiger partial charge in [-0.3, -0.25) is 14.9 Å². The number of hydroxylamine groups is 1.